The van der Waals surface area contributed by atoms with Gasteiger partial charge in [0.15, 0.2) is 0 Å². The lowest BCUT2D eigenvalue weighted by atomic mass is 10.00. The van der Waals surface area contributed by atoms with Gasteiger partial charge in [-0.2, -0.15) is 0 Å². The minimum Gasteiger partial charge on any atom is -0.264 e. The number of fused-ring (bicyclic) bond motifs is 1. The van der Waals surface area contributed by atoms with Crippen LogP contribution in [0.15, 0.2) is 60.9 Å². The van der Waals surface area contributed by atoms with Crippen molar-refractivity contribution in [2.45, 2.75) is 0 Å². The summed E-state index contributed by atoms with van der Waals surface area (Å²) in [6.45, 7) is 0. The van der Waals surface area contributed by atoms with E-state index in [0.29, 0.717) is 0 Å². The largest absolute Gasteiger partial charge is 0.264 e. The Labute approximate surface area is 94.4 Å². The second-order valence-corrected chi connectivity index (χ2v) is 3.69. The summed E-state index contributed by atoms with van der Waals surface area (Å²) in [6, 6.07) is 19.4. The van der Waals surface area contributed by atoms with Gasteiger partial charge < -0.3 is 0 Å². The normalized spacial score (nSPS) is 10.5. The monoisotopic (exact) mass is 204 g/mol. The molecule has 0 unspecified atom stereocenters. The lowest BCUT2D eigenvalue weighted by Crippen LogP contribution is -1.81. The summed E-state index contributed by atoms with van der Waals surface area (Å²) >= 11 is 0. The number of rotatable bonds is 1. The van der Waals surface area contributed by atoms with Gasteiger partial charge in [-0.05, 0) is 34.7 Å². The number of nitrogens with zero attached hydrogens (tertiary/aromatic N) is 1. The molecule has 3 aromatic rings. The zero-order chi connectivity index (χ0) is 10.8. The van der Waals surface area contributed by atoms with Crippen LogP contribution in [0.3, 0.4) is 0 Å². The third-order valence-corrected chi connectivity index (χ3v) is 2.70. The minimum atomic E-state index is 1.18. The Balaban J connectivity index is 2.32. The molecule has 0 saturated heterocycles. The van der Waals surface area contributed by atoms with E-state index in [-0.39, 0.29) is 0 Å². The molecule has 0 N–H and O–H groups in total. The fraction of sp³-hybridized carbons (Fsp3) is 0. The summed E-state index contributed by atoms with van der Waals surface area (Å²) in [5.41, 5.74) is 2.39. The van der Waals surface area contributed by atoms with Crippen LogP contribution in [0.1, 0.15) is 0 Å². The molecule has 3 rings (SSSR count). The quantitative estimate of drug-likeness (QED) is 0.589. The molecule has 0 amide bonds. The summed E-state index contributed by atoms with van der Waals surface area (Å²) in [6.07, 6.45) is 3.74. The molecule has 0 aliphatic carbocycles. The van der Waals surface area contributed by atoms with Crippen molar-refractivity contribution in [3.8, 4) is 11.1 Å². The predicted molar refractivity (Wildman–Crippen MR) is 66.0 cm³/mol. The van der Waals surface area contributed by atoms with E-state index in [9.17, 15) is 0 Å². The van der Waals surface area contributed by atoms with Crippen LogP contribution in [0.4, 0.5) is 0 Å². The van der Waals surface area contributed by atoms with Gasteiger partial charge in [-0.15, -0.1) is 0 Å². The van der Waals surface area contributed by atoms with Gasteiger partial charge in [-0.25, -0.2) is 0 Å². The van der Waals surface area contributed by atoms with Gasteiger partial charge in [-0.3, -0.25) is 4.98 Å². The molecule has 0 aliphatic rings. The van der Waals surface area contributed by atoms with Crippen molar-refractivity contribution in [3.63, 3.8) is 0 Å². The number of hydrogen-bond donors (Lipinski definition) is 0. The fourth-order valence-corrected chi connectivity index (χ4v) is 1.93. The maximum atomic E-state index is 4.19. The molecule has 0 atom stereocenters. The van der Waals surface area contributed by atoms with Crippen molar-refractivity contribution < 1.29 is 0 Å². The zero-order valence-corrected chi connectivity index (χ0v) is 8.72. The van der Waals surface area contributed by atoms with Gasteiger partial charge in [0.05, 0.1) is 0 Å². The Morgan fingerprint density at radius 3 is 2.88 bits per heavy atom. The van der Waals surface area contributed by atoms with Crippen LogP contribution in [-0.4, -0.2) is 4.98 Å². The van der Waals surface area contributed by atoms with E-state index in [1.165, 1.54) is 21.9 Å². The summed E-state index contributed by atoms with van der Waals surface area (Å²) in [5, 5.41) is 2.40. The molecule has 1 heteroatoms. The lowest BCUT2D eigenvalue weighted by Gasteiger charge is -2.05. The molecule has 0 spiro atoms. The Bertz CT molecular complexity index is 609. The number of hydrogen-bond acceptors (Lipinski definition) is 1. The van der Waals surface area contributed by atoms with Crippen molar-refractivity contribution in [2.75, 3.05) is 0 Å². The van der Waals surface area contributed by atoms with Crippen LogP contribution >= 0.6 is 0 Å². The van der Waals surface area contributed by atoms with E-state index in [4.69, 9.17) is 0 Å². The van der Waals surface area contributed by atoms with Crippen LogP contribution in [0.2, 0.25) is 0 Å². The second-order valence-electron chi connectivity index (χ2n) is 3.69. The highest BCUT2D eigenvalue weighted by Crippen LogP contribution is 2.27. The molecule has 1 heterocycles. The first kappa shape index (κ1) is 9.10. The SMILES string of the molecule is [c]1cccc(-c2cccc3ccncc23)c1. The first-order valence-electron chi connectivity index (χ1n) is 5.24. The Morgan fingerprint density at radius 1 is 1.00 bits per heavy atom. The van der Waals surface area contributed by atoms with Crippen molar-refractivity contribution in [2.24, 2.45) is 0 Å². The van der Waals surface area contributed by atoms with E-state index in [1.807, 2.05) is 36.7 Å². The van der Waals surface area contributed by atoms with E-state index in [0.717, 1.165) is 0 Å². The molecule has 75 valence electrons. The van der Waals surface area contributed by atoms with Crippen LogP contribution in [-0.2, 0) is 0 Å². The molecule has 2 aromatic carbocycles. The van der Waals surface area contributed by atoms with E-state index in [2.05, 4.69) is 35.3 Å². The third-order valence-electron chi connectivity index (χ3n) is 2.70. The molecule has 16 heavy (non-hydrogen) atoms. The lowest BCUT2D eigenvalue weighted by molar-refractivity contribution is 1.36. The van der Waals surface area contributed by atoms with E-state index >= 15 is 0 Å². The molecular weight excluding hydrogens is 194 g/mol. The molecule has 1 aromatic heterocycles. The molecular formula is C15H10N. The van der Waals surface area contributed by atoms with Crippen molar-refractivity contribution in [1.29, 1.82) is 0 Å². The Morgan fingerprint density at radius 2 is 2.00 bits per heavy atom. The molecule has 1 nitrogen and oxygen atoms in total. The van der Waals surface area contributed by atoms with Gasteiger partial charge in [0, 0.05) is 17.8 Å². The Kier molecular flexibility index (Phi) is 2.15. The van der Waals surface area contributed by atoms with Crippen LogP contribution in [0.25, 0.3) is 21.9 Å². The molecule has 0 aliphatic heterocycles. The molecule has 0 saturated carbocycles. The van der Waals surface area contributed by atoms with Crippen LogP contribution in [0.5, 0.6) is 0 Å². The van der Waals surface area contributed by atoms with E-state index in [1.54, 1.807) is 0 Å². The highest BCUT2D eigenvalue weighted by atomic mass is 14.6. The smallest absolute Gasteiger partial charge is 0.0352 e. The van der Waals surface area contributed by atoms with Crippen LogP contribution in [0, 0.1) is 6.07 Å². The van der Waals surface area contributed by atoms with E-state index < -0.39 is 0 Å². The second kappa shape index (κ2) is 3.78. The number of pyridine rings is 1. The standard InChI is InChI=1S/C15H10N/c1-2-5-12(6-3-1)14-8-4-7-13-9-10-16-11-15(13)14/h1-2,4-11H. The van der Waals surface area contributed by atoms with Gasteiger partial charge >= 0.3 is 0 Å². The van der Waals surface area contributed by atoms with Crippen molar-refractivity contribution >= 4 is 10.8 Å². The maximum absolute atomic E-state index is 4.19. The van der Waals surface area contributed by atoms with Gasteiger partial charge in [0.2, 0.25) is 0 Å². The van der Waals surface area contributed by atoms with Gasteiger partial charge in [0.1, 0.15) is 0 Å². The highest BCUT2D eigenvalue weighted by molar-refractivity contribution is 5.95. The number of benzene rings is 2. The average Bonchev–Trinajstić information content (AvgIpc) is 2.39. The first-order valence-corrected chi connectivity index (χ1v) is 5.24. The summed E-state index contributed by atoms with van der Waals surface area (Å²) in [7, 11) is 0. The van der Waals surface area contributed by atoms with Crippen LogP contribution < -0.4 is 0 Å². The van der Waals surface area contributed by atoms with Gasteiger partial charge in [-0.1, -0.05) is 36.4 Å². The highest BCUT2D eigenvalue weighted by Gasteiger charge is 2.02. The topological polar surface area (TPSA) is 12.9 Å². The summed E-state index contributed by atoms with van der Waals surface area (Å²) in [4.78, 5) is 4.19. The predicted octanol–water partition coefficient (Wildman–Crippen LogP) is 3.70. The average molecular weight is 204 g/mol. The summed E-state index contributed by atoms with van der Waals surface area (Å²) in [5.74, 6) is 0. The van der Waals surface area contributed by atoms with Crippen molar-refractivity contribution in [3.05, 3.63) is 67.0 Å². The van der Waals surface area contributed by atoms with Crippen molar-refractivity contribution in [1.82, 2.24) is 4.98 Å². The fourth-order valence-electron chi connectivity index (χ4n) is 1.93. The zero-order valence-electron chi connectivity index (χ0n) is 8.72. The molecule has 0 fully saturated rings. The molecule has 1 radical (unpaired) electrons. The Hall–Kier alpha value is -2.15. The molecule has 0 bridgehead atoms. The number of aromatic nitrogens is 1. The third kappa shape index (κ3) is 1.47. The first-order chi connectivity index (χ1) is 7.95. The van der Waals surface area contributed by atoms with Gasteiger partial charge in [0.25, 0.3) is 0 Å². The summed E-state index contributed by atoms with van der Waals surface area (Å²) < 4.78 is 0. The minimum absolute atomic E-state index is 1.18. The maximum Gasteiger partial charge on any atom is 0.0352 e.